The fourth-order valence-electron chi connectivity index (χ4n) is 2.97. The molecule has 2 fully saturated rings. The Hall–Kier alpha value is 0.420. The molecule has 2 aliphatic rings. The highest BCUT2D eigenvalue weighted by Gasteiger charge is 2.23. The molecule has 6 heteroatoms. The highest BCUT2D eigenvalue weighted by Crippen LogP contribution is 2.24. The van der Waals surface area contributed by atoms with E-state index in [-0.39, 0.29) is 24.8 Å². The van der Waals surface area contributed by atoms with Gasteiger partial charge >= 0.3 is 0 Å². The standard InChI is InChI=1S/2C7H15NO.2ClH/c2*1-9-5-6-3-2-4-7(6)8;;/h2*6-7H,2-5,8H2,1H3;2*1H/t2*6-,7-;;/m10../s1. The summed E-state index contributed by atoms with van der Waals surface area (Å²) in [5.41, 5.74) is 11.6. The van der Waals surface area contributed by atoms with E-state index in [4.69, 9.17) is 20.9 Å². The zero-order chi connectivity index (χ0) is 13.4. The van der Waals surface area contributed by atoms with Crippen molar-refractivity contribution in [1.82, 2.24) is 0 Å². The first kappa shape index (κ1) is 22.7. The Bertz CT molecular complexity index is 201. The zero-order valence-electron chi connectivity index (χ0n) is 12.8. The number of ether oxygens (including phenoxy) is 2. The van der Waals surface area contributed by atoms with E-state index in [0.717, 1.165) is 13.2 Å². The maximum absolute atomic E-state index is 5.79. The lowest BCUT2D eigenvalue weighted by Crippen LogP contribution is -2.27. The average molecular weight is 331 g/mol. The molecule has 0 radical (unpaired) electrons. The third-order valence-corrected chi connectivity index (χ3v) is 4.20. The van der Waals surface area contributed by atoms with E-state index in [9.17, 15) is 0 Å². The molecule has 0 unspecified atom stereocenters. The summed E-state index contributed by atoms with van der Waals surface area (Å²) in [5.74, 6) is 1.27. The molecule has 4 N–H and O–H groups in total. The molecule has 0 aromatic rings. The number of nitrogens with two attached hydrogens (primary N) is 2. The van der Waals surface area contributed by atoms with Crippen LogP contribution in [0.4, 0.5) is 0 Å². The van der Waals surface area contributed by atoms with Gasteiger partial charge in [-0.1, -0.05) is 12.8 Å². The van der Waals surface area contributed by atoms with Gasteiger partial charge in [0, 0.05) is 26.3 Å². The molecule has 0 saturated heterocycles. The van der Waals surface area contributed by atoms with E-state index >= 15 is 0 Å². The van der Waals surface area contributed by atoms with E-state index in [1.165, 1.54) is 38.5 Å². The van der Waals surface area contributed by atoms with Crippen molar-refractivity contribution in [2.24, 2.45) is 23.3 Å². The van der Waals surface area contributed by atoms with Gasteiger partial charge in [-0.3, -0.25) is 0 Å². The highest BCUT2D eigenvalue weighted by atomic mass is 35.5. The van der Waals surface area contributed by atoms with Crippen LogP contribution in [0.15, 0.2) is 0 Å². The molecule has 0 bridgehead atoms. The molecule has 2 saturated carbocycles. The molecule has 2 rings (SSSR count). The molecule has 2 aliphatic carbocycles. The second kappa shape index (κ2) is 13.1. The van der Waals surface area contributed by atoms with Crippen LogP contribution in [0.25, 0.3) is 0 Å². The zero-order valence-corrected chi connectivity index (χ0v) is 14.4. The van der Waals surface area contributed by atoms with Crippen molar-refractivity contribution in [3.8, 4) is 0 Å². The van der Waals surface area contributed by atoms with Gasteiger partial charge in [0.25, 0.3) is 0 Å². The number of methoxy groups -OCH3 is 2. The van der Waals surface area contributed by atoms with Gasteiger partial charge in [-0.25, -0.2) is 0 Å². The van der Waals surface area contributed by atoms with Crippen LogP contribution in [0.3, 0.4) is 0 Å². The third kappa shape index (κ3) is 8.01. The highest BCUT2D eigenvalue weighted by molar-refractivity contribution is 5.85. The summed E-state index contributed by atoms with van der Waals surface area (Å²) in [6.07, 6.45) is 7.47. The van der Waals surface area contributed by atoms with Crippen molar-refractivity contribution in [2.75, 3.05) is 27.4 Å². The van der Waals surface area contributed by atoms with Crippen LogP contribution < -0.4 is 11.5 Å². The summed E-state index contributed by atoms with van der Waals surface area (Å²) in [5, 5.41) is 0. The Kier molecular flexibility index (Phi) is 14.9. The van der Waals surface area contributed by atoms with Crippen LogP contribution in [-0.2, 0) is 9.47 Å². The molecule has 0 heterocycles. The van der Waals surface area contributed by atoms with Gasteiger partial charge in [0.15, 0.2) is 0 Å². The first-order chi connectivity index (χ1) is 8.69. The third-order valence-electron chi connectivity index (χ3n) is 4.20. The number of hydrogen-bond donors (Lipinski definition) is 2. The Labute approximate surface area is 136 Å². The molecule has 4 atom stereocenters. The van der Waals surface area contributed by atoms with Crippen LogP contribution in [0.2, 0.25) is 0 Å². The molecule has 124 valence electrons. The Morgan fingerprint density at radius 3 is 1.30 bits per heavy atom. The summed E-state index contributed by atoms with van der Waals surface area (Å²) >= 11 is 0. The quantitative estimate of drug-likeness (QED) is 0.830. The Morgan fingerprint density at radius 2 is 1.10 bits per heavy atom. The van der Waals surface area contributed by atoms with Crippen LogP contribution in [0, 0.1) is 11.8 Å². The monoisotopic (exact) mass is 330 g/mol. The van der Waals surface area contributed by atoms with Crippen molar-refractivity contribution in [2.45, 2.75) is 50.6 Å². The van der Waals surface area contributed by atoms with Crippen molar-refractivity contribution >= 4 is 24.8 Å². The van der Waals surface area contributed by atoms with Gasteiger partial charge in [0.2, 0.25) is 0 Å². The lowest BCUT2D eigenvalue weighted by Gasteiger charge is -2.12. The Morgan fingerprint density at radius 1 is 0.750 bits per heavy atom. The number of rotatable bonds is 4. The average Bonchev–Trinajstić information content (AvgIpc) is 2.92. The number of hydrogen-bond acceptors (Lipinski definition) is 4. The molecule has 0 aliphatic heterocycles. The normalized spacial score (nSPS) is 31.8. The SMILES string of the molecule is COC[C@@H]1CCC[C@@H]1N.COC[C@H]1CCC[C@H]1N.Cl.Cl. The minimum absolute atomic E-state index is 0. The van der Waals surface area contributed by atoms with Gasteiger partial charge in [0.1, 0.15) is 0 Å². The van der Waals surface area contributed by atoms with Crippen LogP contribution in [0.5, 0.6) is 0 Å². The predicted octanol–water partition coefficient (Wildman–Crippen LogP) is 2.36. The molecule has 4 nitrogen and oxygen atoms in total. The summed E-state index contributed by atoms with van der Waals surface area (Å²) in [7, 11) is 3.48. The van der Waals surface area contributed by atoms with Gasteiger partial charge in [0.05, 0.1) is 13.2 Å². The fraction of sp³-hybridized carbons (Fsp3) is 1.00. The van der Waals surface area contributed by atoms with Crippen molar-refractivity contribution in [3.05, 3.63) is 0 Å². The lowest BCUT2D eigenvalue weighted by molar-refractivity contribution is 0.148. The first-order valence-electron chi connectivity index (χ1n) is 7.18. The summed E-state index contributed by atoms with van der Waals surface area (Å²) in [6, 6.07) is 0.815. The number of halogens is 2. The van der Waals surface area contributed by atoms with Crippen molar-refractivity contribution in [3.63, 3.8) is 0 Å². The van der Waals surface area contributed by atoms with E-state index in [1.54, 1.807) is 14.2 Å². The molecular formula is C14H32Cl2N2O2. The minimum Gasteiger partial charge on any atom is -0.384 e. The smallest absolute Gasteiger partial charge is 0.0505 e. The van der Waals surface area contributed by atoms with Gasteiger partial charge in [-0.15, -0.1) is 24.8 Å². The lowest BCUT2D eigenvalue weighted by atomic mass is 10.1. The van der Waals surface area contributed by atoms with Crippen LogP contribution >= 0.6 is 24.8 Å². The second-order valence-corrected chi connectivity index (χ2v) is 5.62. The van der Waals surface area contributed by atoms with Gasteiger partial charge < -0.3 is 20.9 Å². The first-order valence-corrected chi connectivity index (χ1v) is 7.18. The summed E-state index contributed by atoms with van der Waals surface area (Å²) < 4.78 is 10.0. The molecule has 0 aromatic heterocycles. The molecular weight excluding hydrogens is 299 g/mol. The van der Waals surface area contributed by atoms with E-state index in [0.29, 0.717) is 23.9 Å². The molecule has 0 aromatic carbocycles. The summed E-state index contributed by atoms with van der Waals surface area (Å²) in [4.78, 5) is 0. The van der Waals surface area contributed by atoms with Gasteiger partial charge in [-0.05, 0) is 37.5 Å². The largest absolute Gasteiger partial charge is 0.384 e. The second-order valence-electron chi connectivity index (χ2n) is 5.62. The van der Waals surface area contributed by atoms with E-state index in [1.807, 2.05) is 0 Å². The van der Waals surface area contributed by atoms with Crippen molar-refractivity contribution in [1.29, 1.82) is 0 Å². The maximum atomic E-state index is 5.79. The molecule has 0 spiro atoms. The minimum atomic E-state index is 0. The van der Waals surface area contributed by atoms with Gasteiger partial charge in [-0.2, -0.15) is 0 Å². The van der Waals surface area contributed by atoms with E-state index in [2.05, 4.69) is 0 Å². The Balaban J connectivity index is 0. The maximum Gasteiger partial charge on any atom is 0.0505 e. The van der Waals surface area contributed by atoms with Crippen molar-refractivity contribution < 1.29 is 9.47 Å². The predicted molar refractivity (Wildman–Crippen MR) is 88.9 cm³/mol. The van der Waals surface area contributed by atoms with Crippen LogP contribution in [0.1, 0.15) is 38.5 Å². The van der Waals surface area contributed by atoms with Crippen LogP contribution in [-0.4, -0.2) is 39.5 Å². The fourth-order valence-corrected chi connectivity index (χ4v) is 2.97. The summed E-state index contributed by atoms with van der Waals surface area (Å²) in [6.45, 7) is 1.70. The molecule has 20 heavy (non-hydrogen) atoms. The topological polar surface area (TPSA) is 70.5 Å². The molecule has 0 amide bonds. The van der Waals surface area contributed by atoms with E-state index < -0.39 is 0 Å².